The molecule has 0 saturated heterocycles. The molecule has 1 aliphatic carbocycles. The van der Waals surface area contributed by atoms with Crippen LogP contribution in [0.15, 0.2) is 30.3 Å². The van der Waals surface area contributed by atoms with E-state index in [1.165, 1.54) is 19.3 Å². The molecule has 1 fully saturated rings. The van der Waals surface area contributed by atoms with Crippen molar-refractivity contribution < 1.29 is 9.53 Å². The Hall–Kier alpha value is -2.30. The molecule has 2 aromatic rings. The molecule has 0 aliphatic heterocycles. The maximum atomic E-state index is 12.6. The highest BCUT2D eigenvalue weighted by Crippen LogP contribution is 2.25. The first-order valence-electron chi connectivity index (χ1n) is 8.16. The van der Waals surface area contributed by atoms with Crippen LogP contribution in [0.25, 0.3) is 11.3 Å². The summed E-state index contributed by atoms with van der Waals surface area (Å²) >= 11 is 0. The molecule has 0 atom stereocenters. The van der Waals surface area contributed by atoms with Crippen molar-refractivity contribution in [2.24, 2.45) is 0 Å². The van der Waals surface area contributed by atoms with Gasteiger partial charge in [-0.2, -0.15) is 5.10 Å². The zero-order valence-electron chi connectivity index (χ0n) is 13.7. The van der Waals surface area contributed by atoms with Gasteiger partial charge in [0, 0.05) is 18.7 Å². The number of rotatable bonds is 4. The predicted octanol–water partition coefficient (Wildman–Crippen LogP) is 3.49. The van der Waals surface area contributed by atoms with Gasteiger partial charge in [-0.05, 0) is 31.0 Å². The molecule has 1 heterocycles. The Morgan fingerprint density at radius 2 is 2.04 bits per heavy atom. The van der Waals surface area contributed by atoms with E-state index >= 15 is 0 Å². The second kappa shape index (κ2) is 6.86. The molecule has 23 heavy (non-hydrogen) atoms. The van der Waals surface area contributed by atoms with Crippen LogP contribution >= 0.6 is 0 Å². The number of benzene rings is 1. The van der Waals surface area contributed by atoms with E-state index in [0.717, 1.165) is 29.8 Å². The van der Waals surface area contributed by atoms with Gasteiger partial charge in [0.05, 0.1) is 12.8 Å². The van der Waals surface area contributed by atoms with E-state index in [-0.39, 0.29) is 5.91 Å². The van der Waals surface area contributed by atoms with Crippen LogP contribution in [-0.2, 0) is 0 Å². The maximum absolute atomic E-state index is 12.6. The molecule has 122 valence electrons. The summed E-state index contributed by atoms with van der Waals surface area (Å²) in [7, 11) is 3.53. The Labute approximate surface area is 136 Å². The van der Waals surface area contributed by atoms with Gasteiger partial charge < -0.3 is 9.64 Å². The molecule has 5 heteroatoms. The first-order chi connectivity index (χ1) is 11.2. The third-order valence-corrected chi connectivity index (χ3v) is 4.62. The normalized spacial score (nSPS) is 15.4. The number of aromatic amines is 1. The molecule has 0 radical (unpaired) electrons. The Morgan fingerprint density at radius 1 is 1.26 bits per heavy atom. The average Bonchev–Trinajstić information content (AvgIpc) is 3.11. The van der Waals surface area contributed by atoms with Crippen LogP contribution in [0.1, 0.15) is 42.6 Å². The van der Waals surface area contributed by atoms with E-state index in [0.29, 0.717) is 11.7 Å². The fourth-order valence-corrected chi connectivity index (χ4v) is 3.19. The molecule has 0 bridgehead atoms. The van der Waals surface area contributed by atoms with E-state index in [1.807, 2.05) is 42.3 Å². The van der Waals surface area contributed by atoms with Crippen molar-refractivity contribution in [3.05, 3.63) is 36.0 Å². The molecule has 1 N–H and O–H groups in total. The first kappa shape index (κ1) is 15.6. The Morgan fingerprint density at radius 3 is 2.78 bits per heavy atom. The van der Waals surface area contributed by atoms with Crippen molar-refractivity contribution in [2.45, 2.75) is 38.1 Å². The van der Waals surface area contributed by atoms with Crippen LogP contribution in [0.3, 0.4) is 0 Å². The average molecular weight is 313 g/mol. The van der Waals surface area contributed by atoms with Gasteiger partial charge in [0.2, 0.25) is 0 Å². The molecule has 5 nitrogen and oxygen atoms in total. The summed E-state index contributed by atoms with van der Waals surface area (Å²) in [4.78, 5) is 14.5. The summed E-state index contributed by atoms with van der Waals surface area (Å²) in [5, 5.41) is 7.16. The summed E-state index contributed by atoms with van der Waals surface area (Å²) < 4.78 is 5.24. The van der Waals surface area contributed by atoms with Gasteiger partial charge in [0.25, 0.3) is 5.91 Å². The smallest absolute Gasteiger partial charge is 0.271 e. The lowest BCUT2D eigenvalue weighted by molar-refractivity contribution is 0.0690. The first-order valence-corrected chi connectivity index (χ1v) is 8.16. The number of carbonyl (C=O) groups is 1. The summed E-state index contributed by atoms with van der Waals surface area (Å²) in [6, 6.07) is 9.83. The third-order valence-electron chi connectivity index (χ3n) is 4.62. The van der Waals surface area contributed by atoms with Crippen LogP contribution in [-0.4, -0.2) is 41.2 Å². The lowest BCUT2D eigenvalue weighted by atomic mass is 9.94. The van der Waals surface area contributed by atoms with Gasteiger partial charge in [0.1, 0.15) is 11.4 Å². The van der Waals surface area contributed by atoms with Crippen LogP contribution in [0.4, 0.5) is 0 Å². The fraction of sp³-hybridized carbons (Fsp3) is 0.444. The number of ether oxygens (including phenoxy) is 1. The number of H-pyrrole nitrogens is 1. The topological polar surface area (TPSA) is 58.2 Å². The van der Waals surface area contributed by atoms with Crippen LogP contribution in [0.2, 0.25) is 0 Å². The molecular formula is C18H23N3O2. The van der Waals surface area contributed by atoms with Crippen molar-refractivity contribution in [3.8, 4) is 17.0 Å². The summed E-state index contributed by atoms with van der Waals surface area (Å²) in [6.45, 7) is 0. The van der Waals surface area contributed by atoms with Crippen LogP contribution in [0.5, 0.6) is 5.75 Å². The molecule has 1 amide bonds. The molecule has 1 aromatic heterocycles. The largest absolute Gasteiger partial charge is 0.497 e. The van der Waals surface area contributed by atoms with Crippen molar-refractivity contribution in [1.82, 2.24) is 15.1 Å². The van der Waals surface area contributed by atoms with Gasteiger partial charge in [-0.25, -0.2) is 0 Å². The molecule has 1 aliphatic rings. The minimum absolute atomic E-state index is 0.0125. The lowest BCUT2D eigenvalue weighted by Gasteiger charge is -2.30. The van der Waals surface area contributed by atoms with Crippen LogP contribution in [0, 0.1) is 0 Å². The fourth-order valence-electron chi connectivity index (χ4n) is 3.19. The summed E-state index contributed by atoms with van der Waals surface area (Å²) in [5.74, 6) is 0.788. The molecule has 0 spiro atoms. The second-order valence-electron chi connectivity index (χ2n) is 6.11. The highest BCUT2D eigenvalue weighted by Gasteiger charge is 2.24. The molecule has 3 rings (SSSR count). The predicted molar refractivity (Wildman–Crippen MR) is 89.5 cm³/mol. The zero-order valence-corrected chi connectivity index (χ0v) is 13.7. The van der Waals surface area contributed by atoms with Gasteiger partial charge in [-0.15, -0.1) is 0 Å². The van der Waals surface area contributed by atoms with Gasteiger partial charge in [-0.1, -0.05) is 31.4 Å². The molecular weight excluding hydrogens is 290 g/mol. The Balaban J connectivity index is 1.76. The van der Waals surface area contributed by atoms with E-state index in [2.05, 4.69) is 10.2 Å². The van der Waals surface area contributed by atoms with E-state index in [1.54, 1.807) is 7.11 Å². The van der Waals surface area contributed by atoms with Gasteiger partial charge in [-0.3, -0.25) is 9.89 Å². The minimum Gasteiger partial charge on any atom is -0.497 e. The van der Waals surface area contributed by atoms with Crippen molar-refractivity contribution in [1.29, 1.82) is 0 Å². The van der Waals surface area contributed by atoms with Crippen molar-refractivity contribution in [3.63, 3.8) is 0 Å². The van der Waals surface area contributed by atoms with E-state index in [9.17, 15) is 4.79 Å². The molecule has 0 unspecified atom stereocenters. The summed E-state index contributed by atoms with van der Waals surface area (Å²) in [5.41, 5.74) is 2.22. The van der Waals surface area contributed by atoms with Crippen molar-refractivity contribution >= 4 is 5.91 Å². The number of nitrogens with zero attached hydrogens (tertiary/aromatic N) is 2. The highest BCUT2D eigenvalue weighted by molar-refractivity contribution is 5.93. The summed E-state index contributed by atoms with van der Waals surface area (Å²) in [6.07, 6.45) is 5.89. The number of hydrogen-bond donors (Lipinski definition) is 1. The number of nitrogens with one attached hydrogen (secondary N) is 1. The highest BCUT2D eigenvalue weighted by atomic mass is 16.5. The number of amides is 1. The maximum Gasteiger partial charge on any atom is 0.271 e. The monoisotopic (exact) mass is 313 g/mol. The van der Waals surface area contributed by atoms with Crippen LogP contribution < -0.4 is 4.74 Å². The lowest BCUT2D eigenvalue weighted by Crippen LogP contribution is -2.38. The van der Waals surface area contributed by atoms with E-state index in [4.69, 9.17) is 4.74 Å². The Kier molecular flexibility index (Phi) is 4.65. The van der Waals surface area contributed by atoms with Crippen molar-refractivity contribution in [2.75, 3.05) is 14.2 Å². The number of aromatic nitrogens is 2. The zero-order chi connectivity index (χ0) is 16.2. The Bertz CT molecular complexity index is 674. The van der Waals surface area contributed by atoms with Gasteiger partial charge >= 0.3 is 0 Å². The number of methoxy groups -OCH3 is 1. The SMILES string of the molecule is COc1cccc(-c2cc(C(=O)N(C)C3CCCCC3)[nH]n2)c1. The number of hydrogen-bond acceptors (Lipinski definition) is 3. The quantitative estimate of drug-likeness (QED) is 0.940. The second-order valence-corrected chi connectivity index (χ2v) is 6.11. The van der Waals surface area contributed by atoms with E-state index < -0.39 is 0 Å². The number of carbonyl (C=O) groups excluding carboxylic acids is 1. The minimum atomic E-state index is 0.0125. The third kappa shape index (κ3) is 3.38. The molecule has 1 aromatic carbocycles. The standard InChI is InChI=1S/C18H23N3O2/c1-21(14-8-4-3-5-9-14)18(22)17-12-16(19-20-17)13-7-6-10-15(11-13)23-2/h6-7,10-12,14H,3-5,8-9H2,1-2H3,(H,19,20). The van der Waals surface area contributed by atoms with Gasteiger partial charge in [0.15, 0.2) is 0 Å². The molecule has 1 saturated carbocycles.